The lowest BCUT2D eigenvalue weighted by Gasteiger charge is -2.12. The number of carbonyl (C=O) groups is 1. The first-order chi connectivity index (χ1) is 14.4. The summed E-state index contributed by atoms with van der Waals surface area (Å²) in [5.41, 5.74) is 1.07. The number of anilines is 1. The number of hydrogen-bond donors (Lipinski definition) is 0. The van der Waals surface area contributed by atoms with Gasteiger partial charge in [-0.3, -0.25) is 14.9 Å². The lowest BCUT2D eigenvalue weighted by atomic mass is 10.2. The van der Waals surface area contributed by atoms with Crippen LogP contribution in [0.5, 0.6) is 0 Å². The molecule has 30 heavy (non-hydrogen) atoms. The number of fused-ring (bicyclic) bond motifs is 1. The highest BCUT2D eigenvalue weighted by Gasteiger charge is 2.22. The average Bonchev–Trinajstić information content (AvgIpc) is 3.34. The molecule has 0 aliphatic carbocycles. The Bertz CT molecular complexity index is 1290. The van der Waals surface area contributed by atoms with Crippen molar-refractivity contribution < 1.29 is 14.1 Å². The van der Waals surface area contributed by atoms with E-state index in [0.29, 0.717) is 20.7 Å². The molecule has 1 amide bonds. The zero-order valence-corrected chi connectivity index (χ0v) is 18.1. The summed E-state index contributed by atoms with van der Waals surface area (Å²) in [4.78, 5) is 28.2. The fourth-order valence-corrected chi connectivity index (χ4v) is 4.76. The maximum absolute atomic E-state index is 13.5. The fraction of sp³-hybridized carbons (Fsp3) is 0. The lowest BCUT2D eigenvalue weighted by molar-refractivity contribution is -0.384. The Balaban J connectivity index is 1.72. The molecule has 7 nitrogen and oxygen atoms in total. The van der Waals surface area contributed by atoms with E-state index in [-0.39, 0.29) is 10.8 Å². The largest absolute Gasteiger partial charge is 0.290 e. The molecule has 2 aromatic heterocycles. The van der Waals surface area contributed by atoms with Crippen LogP contribution in [-0.2, 0) is 0 Å². The number of thiophene rings is 1. The van der Waals surface area contributed by atoms with Crippen molar-refractivity contribution in [3.8, 4) is 0 Å². The molecule has 0 spiro atoms. The number of benzene rings is 2. The molecule has 0 N–H and O–H groups in total. The topological polar surface area (TPSA) is 88.7 Å². The number of amides is 1. The Labute approximate surface area is 185 Å². The van der Waals surface area contributed by atoms with E-state index in [9.17, 15) is 19.3 Å². The van der Waals surface area contributed by atoms with Crippen molar-refractivity contribution in [1.29, 1.82) is 0 Å². The van der Waals surface area contributed by atoms with Crippen molar-refractivity contribution in [3.63, 3.8) is 0 Å². The molecule has 0 bridgehead atoms. The predicted molar refractivity (Wildman–Crippen MR) is 119 cm³/mol. The van der Waals surface area contributed by atoms with Gasteiger partial charge in [-0.05, 0) is 64.0 Å². The highest BCUT2D eigenvalue weighted by atomic mass is 79.9. The molecule has 11 heteroatoms. The number of nitrogens with zero attached hydrogens (tertiary/aromatic N) is 4. The number of carbonyl (C=O) groups excluding carboxylic acids is 1. The number of hydrogen-bond acceptors (Lipinski definition) is 7. The zero-order chi connectivity index (χ0) is 21.3. The summed E-state index contributed by atoms with van der Waals surface area (Å²) in [6.07, 6.45) is 1.41. The van der Waals surface area contributed by atoms with E-state index < -0.39 is 16.6 Å². The first kappa shape index (κ1) is 20.3. The standard InChI is InChI=1S/C19H10BrFN4O3S2/c20-17-8-7-15(29-17)18(26)24(19-23-14-6-3-12(21)9-16(14)30-19)22-10-11-1-4-13(5-2-11)25(27)28/h1-10H/b22-10+. The molecule has 0 aliphatic heterocycles. The molecule has 150 valence electrons. The minimum absolute atomic E-state index is 0.0447. The molecular formula is C19H10BrFN4O3S2. The predicted octanol–water partition coefficient (Wildman–Crippen LogP) is 5.85. The van der Waals surface area contributed by atoms with Gasteiger partial charge < -0.3 is 0 Å². The van der Waals surface area contributed by atoms with Crippen LogP contribution in [0.1, 0.15) is 15.2 Å². The molecular weight excluding hydrogens is 495 g/mol. The summed E-state index contributed by atoms with van der Waals surface area (Å²) in [6, 6.07) is 13.4. The van der Waals surface area contributed by atoms with Gasteiger partial charge in [0.2, 0.25) is 5.13 Å². The monoisotopic (exact) mass is 504 g/mol. The van der Waals surface area contributed by atoms with Crippen LogP contribution in [0.4, 0.5) is 15.2 Å². The van der Waals surface area contributed by atoms with Crippen LogP contribution in [0.2, 0.25) is 0 Å². The summed E-state index contributed by atoms with van der Waals surface area (Å²) in [7, 11) is 0. The summed E-state index contributed by atoms with van der Waals surface area (Å²) < 4.78 is 14.9. The minimum atomic E-state index is -0.494. The molecule has 0 radical (unpaired) electrons. The molecule has 0 atom stereocenters. The van der Waals surface area contributed by atoms with Gasteiger partial charge in [-0.2, -0.15) is 10.1 Å². The van der Waals surface area contributed by atoms with Gasteiger partial charge in [-0.15, -0.1) is 11.3 Å². The third-order valence-electron chi connectivity index (χ3n) is 3.92. The van der Waals surface area contributed by atoms with Gasteiger partial charge in [0, 0.05) is 12.1 Å². The molecule has 4 rings (SSSR count). The lowest BCUT2D eigenvalue weighted by Crippen LogP contribution is -2.24. The quantitative estimate of drug-likeness (QED) is 0.193. The van der Waals surface area contributed by atoms with E-state index in [1.807, 2.05) is 0 Å². The van der Waals surface area contributed by atoms with Gasteiger partial charge in [0.1, 0.15) is 5.82 Å². The van der Waals surface area contributed by atoms with Crippen LogP contribution in [0.15, 0.2) is 63.5 Å². The van der Waals surface area contributed by atoms with Crippen molar-refractivity contribution in [1.82, 2.24) is 4.98 Å². The van der Waals surface area contributed by atoms with Crippen molar-refractivity contribution >= 4 is 71.8 Å². The molecule has 4 aromatic rings. The number of nitro groups is 1. The fourth-order valence-electron chi connectivity index (χ4n) is 2.51. The minimum Gasteiger partial charge on any atom is -0.266 e. The smallest absolute Gasteiger partial charge is 0.266 e. The molecule has 0 fully saturated rings. The summed E-state index contributed by atoms with van der Waals surface area (Å²) in [6.45, 7) is 0. The van der Waals surface area contributed by atoms with Crippen LogP contribution in [0, 0.1) is 15.9 Å². The molecule has 0 unspecified atom stereocenters. The highest BCUT2D eigenvalue weighted by Crippen LogP contribution is 2.32. The Morgan fingerprint density at radius 1 is 1.17 bits per heavy atom. The maximum Gasteiger partial charge on any atom is 0.290 e. The van der Waals surface area contributed by atoms with Crippen molar-refractivity contribution in [2.75, 3.05) is 5.01 Å². The van der Waals surface area contributed by atoms with E-state index in [1.54, 1.807) is 12.1 Å². The third-order valence-corrected chi connectivity index (χ3v) is 6.53. The molecule has 0 saturated carbocycles. The Kier molecular flexibility index (Phi) is 5.66. The number of non-ortho nitro benzene ring substituents is 1. The zero-order valence-electron chi connectivity index (χ0n) is 14.9. The second-order valence-electron chi connectivity index (χ2n) is 5.92. The van der Waals surface area contributed by atoms with Crippen LogP contribution in [0.25, 0.3) is 10.2 Å². The summed E-state index contributed by atoms with van der Waals surface area (Å²) in [5, 5.41) is 16.5. The van der Waals surface area contributed by atoms with E-state index in [0.717, 1.165) is 20.1 Å². The van der Waals surface area contributed by atoms with Crippen LogP contribution in [0.3, 0.4) is 0 Å². The van der Waals surface area contributed by atoms with Gasteiger partial charge in [0.05, 0.1) is 30.0 Å². The number of thiazole rings is 1. The molecule has 0 aliphatic rings. The Morgan fingerprint density at radius 3 is 2.60 bits per heavy atom. The van der Waals surface area contributed by atoms with Gasteiger partial charge in [0.25, 0.3) is 11.6 Å². The van der Waals surface area contributed by atoms with Gasteiger partial charge in [-0.1, -0.05) is 11.3 Å². The normalized spacial score (nSPS) is 11.3. The van der Waals surface area contributed by atoms with Gasteiger partial charge in [-0.25, -0.2) is 9.37 Å². The second-order valence-corrected chi connectivity index (χ2v) is 9.39. The van der Waals surface area contributed by atoms with Crippen molar-refractivity contribution in [3.05, 3.63) is 84.8 Å². The van der Waals surface area contributed by atoms with E-state index in [2.05, 4.69) is 26.0 Å². The van der Waals surface area contributed by atoms with E-state index >= 15 is 0 Å². The van der Waals surface area contributed by atoms with E-state index in [4.69, 9.17) is 0 Å². The van der Waals surface area contributed by atoms with Crippen LogP contribution in [-0.4, -0.2) is 22.0 Å². The first-order valence-electron chi connectivity index (χ1n) is 8.35. The molecule has 2 heterocycles. The number of halogens is 2. The number of nitro benzene ring substituents is 1. The second kappa shape index (κ2) is 8.38. The SMILES string of the molecule is O=C(c1ccc(Br)s1)N(/N=C/c1ccc([N+](=O)[O-])cc1)c1nc2ccc(F)cc2s1. The highest BCUT2D eigenvalue weighted by molar-refractivity contribution is 9.11. The van der Waals surface area contributed by atoms with Gasteiger partial charge >= 0.3 is 0 Å². The molecule has 2 aromatic carbocycles. The van der Waals surface area contributed by atoms with Crippen molar-refractivity contribution in [2.24, 2.45) is 5.10 Å². The van der Waals surface area contributed by atoms with Crippen LogP contribution >= 0.6 is 38.6 Å². The number of aromatic nitrogens is 1. The van der Waals surface area contributed by atoms with E-state index in [1.165, 1.54) is 60.0 Å². The number of hydrazone groups is 1. The van der Waals surface area contributed by atoms with Gasteiger partial charge in [0.15, 0.2) is 0 Å². The maximum atomic E-state index is 13.5. The molecule has 0 saturated heterocycles. The Hall–Kier alpha value is -3.02. The van der Waals surface area contributed by atoms with Crippen molar-refractivity contribution in [2.45, 2.75) is 0 Å². The summed E-state index contributed by atoms with van der Waals surface area (Å²) >= 11 is 5.72. The summed E-state index contributed by atoms with van der Waals surface area (Å²) in [5.74, 6) is -0.796. The third kappa shape index (κ3) is 4.27. The van der Waals surface area contributed by atoms with Crippen LogP contribution < -0.4 is 5.01 Å². The first-order valence-corrected chi connectivity index (χ1v) is 10.8. The number of rotatable bonds is 5. The average molecular weight is 505 g/mol. The Morgan fingerprint density at radius 2 is 1.93 bits per heavy atom.